The van der Waals surface area contributed by atoms with E-state index < -0.39 is 17.5 Å². The molecular formula is C57H113NO5. The van der Waals surface area contributed by atoms with E-state index in [0.717, 1.165) is 142 Å². The van der Waals surface area contributed by atoms with Gasteiger partial charge in [-0.3, -0.25) is 9.59 Å². The van der Waals surface area contributed by atoms with Gasteiger partial charge in [-0.2, -0.15) is 0 Å². The van der Waals surface area contributed by atoms with Gasteiger partial charge in [0.15, 0.2) is 0 Å². The third-order valence-electron chi connectivity index (χ3n) is 14.7. The second kappa shape index (κ2) is 44.7. The zero-order valence-electron chi connectivity index (χ0n) is 43.5. The number of unbranched alkanes of at least 4 members (excludes halogenated alkanes) is 23. The van der Waals surface area contributed by atoms with Crippen LogP contribution in [0.3, 0.4) is 0 Å². The van der Waals surface area contributed by atoms with Crippen LogP contribution in [0, 0.1) is 23.7 Å². The Morgan fingerprint density at radius 3 is 0.905 bits per heavy atom. The van der Waals surface area contributed by atoms with Crippen LogP contribution in [0.4, 0.5) is 0 Å². The molecule has 6 heteroatoms. The summed E-state index contributed by atoms with van der Waals surface area (Å²) in [7, 11) is 0. The van der Waals surface area contributed by atoms with Crippen molar-refractivity contribution in [1.29, 1.82) is 0 Å². The number of hydrogen-bond acceptors (Lipinski definition) is 4. The van der Waals surface area contributed by atoms with Gasteiger partial charge in [0, 0.05) is 0 Å². The third kappa shape index (κ3) is 35.7. The van der Waals surface area contributed by atoms with E-state index in [9.17, 15) is 24.9 Å². The molecule has 0 amide bonds. The van der Waals surface area contributed by atoms with Crippen molar-refractivity contribution in [3.63, 3.8) is 0 Å². The Morgan fingerprint density at radius 2 is 0.619 bits per heavy atom. The van der Waals surface area contributed by atoms with Crippen LogP contribution in [0.1, 0.15) is 305 Å². The van der Waals surface area contributed by atoms with Gasteiger partial charge in [0.05, 0.1) is 17.4 Å². The number of rotatable bonds is 51. The molecule has 0 radical (unpaired) electrons. The molecule has 0 fully saturated rings. The van der Waals surface area contributed by atoms with Crippen LogP contribution < -0.4 is 0 Å². The smallest absolute Gasteiger partial charge is 0.306 e. The van der Waals surface area contributed by atoms with E-state index in [0.29, 0.717) is 11.8 Å². The lowest BCUT2D eigenvalue weighted by Crippen LogP contribution is -2.30. The van der Waals surface area contributed by atoms with Gasteiger partial charge in [-0.15, -0.1) is 0 Å². The summed E-state index contributed by atoms with van der Waals surface area (Å²) >= 11 is 0. The Hall–Kier alpha value is -1.14. The van der Waals surface area contributed by atoms with Crippen LogP contribution in [-0.4, -0.2) is 57.4 Å². The molecule has 0 aromatic rings. The highest BCUT2D eigenvalue weighted by Gasteiger charge is 2.29. The van der Waals surface area contributed by atoms with Gasteiger partial charge in [0.2, 0.25) is 0 Å². The number of nitrogens with zero attached hydrogens (tertiary/aromatic N) is 1. The summed E-state index contributed by atoms with van der Waals surface area (Å²) in [6.45, 7) is 17.0. The van der Waals surface area contributed by atoms with Crippen molar-refractivity contribution in [2.75, 3.05) is 19.6 Å². The fourth-order valence-corrected chi connectivity index (χ4v) is 10.7. The average molecular weight is 893 g/mol. The second-order valence-corrected chi connectivity index (χ2v) is 20.7. The van der Waals surface area contributed by atoms with Crippen LogP contribution in [0.15, 0.2) is 0 Å². The van der Waals surface area contributed by atoms with Crippen LogP contribution in [0.25, 0.3) is 0 Å². The number of carbonyl (C=O) groups is 2. The summed E-state index contributed by atoms with van der Waals surface area (Å²) < 4.78 is 0. The molecule has 0 aromatic heterocycles. The van der Waals surface area contributed by atoms with E-state index >= 15 is 0 Å². The molecule has 63 heavy (non-hydrogen) atoms. The lowest BCUT2D eigenvalue weighted by atomic mass is 9.80. The average Bonchev–Trinajstić information content (AvgIpc) is 3.26. The van der Waals surface area contributed by atoms with E-state index in [1.54, 1.807) is 0 Å². The maximum atomic E-state index is 12.6. The monoisotopic (exact) mass is 892 g/mol. The van der Waals surface area contributed by atoms with Gasteiger partial charge in [-0.1, -0.05) is 221 Å². The van der Waals surface area contributed by atoms with Crippen molar-refractivity contribution in [1.82, 2.24) is 4.90 Å². The Balaban J connectivity index is 5.32. The lowest BCUT2D eigenvalue weighted by molar-refractivity contribution is -0.145. The Labute approximate surface area is 394 Å². The number of carboxylic acid groups (broad SMARTS) is 2. The summed E-state index contributed by atoms with van der Waals surface area (Å²) in [5.74, 6) is -0.996. The molecular weight excluding hydrogens is 779 g/mol. The fourth-order valence-electron chi connectivity index (χ4n) is 10.7. The standard InChI is InChI=1S/C57H113NO5/c1-7-13-17-21-29-39-51(40-30-22-18-14-8-2)53(55(59)60)43-33-25-27-35-45-57(63,47-37-38-50-58(48-11-5)49-12-6)46-36-28-26-34-44-54(56(61)62)52(41-31-23-19-15-9-3)42-32-24-20-16-10-4/h51-54,63H,7-50H2,1-6H3,(H,59,60)(H,61,62). The molecule has 3 N–H and O–H groups in total. The maximum Gasteiger partial charge on any atom is 0.306 e. The minimum absolute atomic E-state index is 0.220. The molecule has 2 atom stereocenters. The predicted octanol–water partition coefficient (Wildman–Crippen LogP) is 17.8. The Morgan fingerprint density at radius 1 is 0.349 bits per heavy atom. The quantitative estimate of drug-likeness (QED) is 0.0526. The van der Waals surface area contributed by atoms with E-state index in [4.69, 9.17) is 0 Å². The molecule has 0 saturated carbocycles. The lowest BCUT2D eigenvalue weighted by Gasteiger charge is -2.29. The first-order chi connectivity index (χ1) is 30.6. The first kappa shape index (κ1) is 61.9. The SMILES string of the molecule is CCCCCCCC(CCCCCCC)C(CCCCCCC(O)(CCCCCCC(C(=O)O)C(CCCCCCC)CCCCCCC)CCCCN(CCC)CCC)C(=O)O. The van der Waals surface area contributed by atoms with Crippen LogP contribution in [-0.2, 0) is 9.59 Å². The number of hydrogen-bond donors (Lipinski definition) is 3. The Kier molecular flexibility index (Phi) is 43.9. The largest absolute Gasteiger partial charge is 0.481 e. The number of carboxylic acids is 2. The third-order valence-corrected chi connectivity index (χ3v) is 14.7. The molecule has 0 aliphatic rings. The summed E-state index contributed by atoms with van der Waals surface area (Å²) in [4.78, 5) is 27.9. The molecule has 0 spiro atoms. The maximum absolute atomic E-state index is 12.6. The first-order valence-electron chi connectivity index (χ1n) is 28.5. The van der Waals surface area contributed by atoms with Gasteiger partial charge < -0.3 is 20.2 Å². The summed E-state index contributed by atoms with van der Waals surface area (Å²) in [5, 5.41) is 32.9. The van der Waals surface area contributed by atoms with Crippen LogP contribution in [0.5, 0.6) is 0 Å². The van der Waals surface area contributed by atoms with E-state index in [1.165, 1.54) is 141 Å². The molecule has 0 aliphatic carbocycles. The highest BCUT2D eigenvalue weighted by atomic mass is 16.4. The summed E-state index contributed by atoms with van der Waals surface area (Å²) in [6, 6.07) is 0. The molecule has 0 rings (SSSR count). The van der Waals surface area contributed by atoms with Crippen molar-refractivity contribution in [2.24, 2.45) is 23.7 Å². The van der Waals surface area contributed by atoms with Crippen LogP contribution in [0.2, 0.25) is 0 Å². The van der Waals surface area contributed by atoms with E-state index in [2.05, 4.69) is 46.4 Å². The van der Waals surface area contributed by atoms with Gasteiger partial charge in [0.1, 0.15) is 0 Å². The zero-order valence-corrected chi connectivity index (χ0v) is 43.5. The molecule has 376 valence electrons. The van der Waals surface area contributed by atoms with Gasteiger partial charge in [0.25, 0.3) is 0 Å². The minimum Gasteiger partial charge on any atom is -0.481 e. The van der Waals surface area contributed by atoms with Crippen molar-refractivity contribution >= 4 is 11.9 Å². The van der Waals surface area contributed by atoms with Crippen molar-refractivity contribution < 1.29 is 24.9 Å². The Bertz CT molecular complexity index is 892. The van der Waals surface area contributed by atoms with E-state index in [1.807, 2.05) is 0 Å². The van der Waals surface area contributed by atoms with Crippen LogP contribution >= 0.6 is 0 Å². The molecule has 0 saturated heterocycles. The molecule has 0 aromatic carbocycles. The van der Waals surface area contributed by atoms with E-state index in [-0.39, 0.29) is 11.8 Å². The number of aliphatic hydroxyl groups is 1. The molecule has 0 heterocycles. The normalized spacial score (nSPS) is 13.9. The second-order valence-electron chi connectivity index (χ2n) is 20.7. The molecule has 2 unspecified atom stereocenters. The highest BCUT2D eigenvalue weighted by molar-refractivity contribution is 5.70. The van der Waals surface area contributed by atoms with Gasteiger partial charge >= 0.3 is 11.9 Å². The number of aliphatic carboxylic acids is 2. The van der Waals surface area contributed by atoms with Crippen molar-refractivity contribution in [3.8, 4) is 0 Å². The fraction of sp³-hybridized carbons (Fsp3) is 0.965. The molecule has 0 aliphatic heterocycles. The first-order valence-corrected chi connectivity index (χ1v) is 28.5. The van der Waals surface area contributed by atoms with Gasteiger partial charge in [-0.25, -0.2) is 0 Å². The zero-order chi connectivity index (χ0) is 46.7. The predicted molar refractivity (Wildman–Crippen MR) is 274 cm³/mol. The highest BCUT2D eigenvalue weighted by Crippen LogP contribution is 2.33. The minimum atomic E-state index is -0.644. The molecule has 0 bridgehead atoms. The van der Waals surface area contributed by atoms with Crippen molar-refractivity contribution in [3.05, 3.63) is 0 Å². The topological polar surface area (TPSA) is 98.1 Å². The van der Waals surface area contributed by atoms with Crippen molar-refractivity contribution in [2.45, 2.75) is 310 Å². The molecule has 6 nitrogen and oxygen atoms in total. The summed E-state index contributed by atoms with van der Waals surface area (Å²) in [6.07, 6.45) is 45.8. The summed E-state index contributed by atoms with van der Waals surface area (Å²) in [5.41, 5.74) is -0.644. The van der Waals surface area contributed by atoms with Gasteiger partial charge in [-0.05, 0) is 115 Å².